The summed E-state index contributed by atoms with van der Waals surface area (Å²) >= 11 is 5.72. The van der Waals surface area contributed by atoms with E-state index in [9.17, 15) is 4.79 Å². The van der Waals surface area contributed by atoms with Gasteiger partial charge in [0.15, 0.2) is 11.5 Å². The highest BCUT2D eigenvalue weighted by molar-refractivity contribution is 6.33. The summed E-state index contributed by atoms with van der Waals surface area (Å²) in [5.74, 6) is -0.817. The highest BCUT2D eigenvalue weighted by Gasteiger charge is 2.32. The number of carboxylic acid groups (broad SMARTS) is 1. The summed E-state index contributed by atoms with van der Waals surface area (Å²) in [6, 6.07) is 0. The van der Waals surface area contributed by atoms with E-state index in [1.54, 1.807) is 7.11 Å². The molecule has 0 aliphatic carbocycles. The van der Waals surface area contributed by atoms with Gasteiger partial charge in [-0.05, 0) is 12.8 Å². The molecule has 0 atom stereocenters. The first-order valence-corrected chi connectivity index (χ1v) is 5.70. The van der Waals surface area contributed by atoms with Crippen molar-refractivity contribution in [3.8, 4) is 0 Å². The summed E-state index contributed by atoms with van der Waals surface area (Å²) in [5, 5.41) is 8.98. The number of aromatic nitrogens is 2. The van der Waals surface area contributed by atoms with Crippen LogP contribution in [0.2, 0.25) is 5.02 Å². The molecule has 0 radical (unpaired) electrons. The molecule has 0 saturated heterocycles. The zero-order valence-corrected chi connectivity index (χ0v) is 10.8. The molecule has 94 valence electrons. The average molecular weight is 259 g/mol. The minimum Gasteiger partial charge on any atom is -0.476 e. The normalized spacial score (nSPS) is 11.5. The standard InChI is InChI=1S/C11H15ClN2O3/c1-4-11(5-2,17-3)10-13-6-7(12)8(14-10)9(15)16/h6H,4-5H2,1-3H3,(H,15,16). The molecule has 0 aromatic carbocycles. The van der Waals surface area contributed by atoms with Crippen LogP contribution in [0.1, 0.15) is 43.0 Å². The number of hydrogen-bond donors (Lipinski definition) is 1. The number of halogens is 1. The van der Waals surface area contributed by atoms with Gasteiger partial charge < -0.3 is 9.84 Å². The first-order valence-electron chi connectivity index (χ1n) is 5.32. The molecule has 0 aliphatic rings. The lowest BCUT2D eigenvalue weighted by Crippen LogP contribution is -2.30. The maximum absolute atomic E-state index is 11.0. The quantitative estimate of drug-likeness (QED) is 0.878. The highest BCUT2D eigenvalue weighted by atomic mass is 35.5. The van der Waals surface area contributed by atoms with Crippen molar-refractivity contribution in [2.24, 2.45) is 0 Å². The first-order chi connectivity index (χ1) is 8.00. The van der Waals surface area contributed by atoms with Gasteiger partial charge in [0.1, 0.15) is 5.60 Å². The van der Waals surface area contributed by atoms with Crippen molar-refractivity contribution < 1.29 is 14.6 Å². The Morgan fingerprint density at radius 3 is 2.53 bits per heavy atom. The minimum absolute atomic E-state index is 0.0264. The van der Waals surface area contributed by atoms with E-state index in [4.69, 9.17) is 21.4 Å². The van der Waals surface area contributed by atoms with Crippen LogP contribution < -0.4 is 0 Å². The number of ether oxygens (including phenoxy) is 1. The van der Waals surface area contributed by atoms with Crippen molar-refractivity contribution in [1.29, 1.82) is 0 Å². The molecule has 1 N–H and O–H groups in total. The molecular weight excluding hydrogens is 244 g/mol. The van der Waals surface area contributed by atoms with E-state index in [1.165, 1.54) is 6.20 Å². The van der Waals surface area contributed by atoms with Crippen LogP contribution >= 0.6 is 11.6 Å². The molecule has 0 aliphatic heterocycles. The van der Waals surface area contributed by atoms with Crippen LogP contribution in [-0.2, 0) is 10.3 Å². The molecule has 5 nitrogen and oxygen atoms in total. The van der Waals surface area contributed by atoms with Gasteiger partial charge in [-0.1, -0.05) is 25.4 Å². The lowest BCUT2D eigenvalue weighted by Gasteiger charge is -2.28. The Labute approximate surface area is 105 Å². The lowest BCUT2D eigenvalue weighted by molar-refractivity contribution is -0.0293. The number of nitrogens with zero attached hydrogens (tertiary/aromatic N) is 2. The molecule has 0 spiro atoms. The number of hydrogen-bond acceptors (Lipinski definition) is 4. The molecule has 1 aromatic heterocycles. The molecule has 1 heterocycles. The molecule has 6 heteroatoms. The van der Waals surface area contributed by atoms with Gasteiger partial charge in [0, 0.05) is 7.11 Å². The number of carboxylic acids is 1. The zero-order chi connectivity index (χ0) is 13.1. The van der Waals surface area contributed by atoms with E-state index in [0.717, 1.165) is 0 Å². The third kappa shape index (κ3) is 2.56. The van der Waals surface area contributed by atoms with Crippen molar-refractivity contribution in [2.75, 3.05) is 7.11 Å². The molecule has 1 aromatic rings. The van der Waals surface area contributed by atoms with Gasteiger partial charge >= 0.3 is 5.97 Å². The molecule has 0 unspecified atom stereocenters. The Morgan fingerprint density at radius 2 is 2.12 bits per heavy atom. The third-order valence-corrected chi connectivity index (χ3v) is 3.16. The Hall–Kier alpha value is -1.20. The maximum atomic E-state index is 11.0. The third-order valence-electron chi connectivity index (χ3n) is 2.89. The van der Waals surface area contributed by atoms with Crippen molar-refractivity contribution >= 4 is 17.6 Å². The van der Waals surface area contributed by atoms with Crippen molar-refractivity contribution in [2.45, 2.75) is 32.3 Å². The second kappa shape index (κ2) is 5.42. The fraction of sp³-hybridized carbons (Fsp3) is 0.545. The first kappa shape index (κ1) is 13.9. The molecule has 17 heavy (non-hydrogen) atoms. The SMILES string of the molecule is CCC(CC)(OC)c1ncc(Cl)c(C(=O)O)n1. The van der Waals surface area contributed by atoms with Gasteiger partial charge in [-0.3, -0.25) is 0 Å². The highest BCUT2D eigenvalue weighted by Crippen LogP contribution is 2.30. The fourth-order valence-electron chi connectivity index (χ4n) is 1.68. The second-order valence-electron chi connectivity index (χ2n) is 3.60. The van der Waals surface area contributed by atoms with Crippen molar-refractivity contribution in [3.63, 3.8) is 0 Å². The molecular formula is C11H15ClN2O3. The van der Waals surface area contributed by atoms with Gasteiger partial charge in [-0.25, -0.2) is 14.8 Å². The van der Waals surface area contributed by atoms with Crippen LogP contribution in [0, 0.1) is 0 Å². The number of aromatic carboxylic acids is 1. The molecule has 0 fully saturated rings. The van der Waals surface area contributed by atoms with Gasteiger partial charge in [0.2, 0.25) is 0 Å². The van der Waals surface area contributed by atoms with E-state index in [1.807, 2.05) is 13.8 Å². The summed E-state index contributed by atoms with van der Waals surface area (Å²) in [6.45, 7) is 3.87. The topological polar surface area (TPSA) is 72.3 Å². The van der Waals surface area contributed by atoms with Gasteiger partial charge in [0.25, 0.3) is 0 Å². The number of carbonyl (C=O) groups is 1. The summed E-state index contributed by atoms with van der Waals surface area (Å²) in [7, 11) is 1.56. The molecule has 0 bridgehead atoms. The largest absolute Gasteiger partial charge is 0.476 e. The number of methoxy groups -OCH3 is 1. The Morgan fingerprint density at radius 1 is 1.53 bits per heavy atom. The summed E-state index contributed by atoms with van der Waals surface area (Å²) in [4.78, 5) is 19.0. The summed E-state index contributed by atoms with van der Waals surface area (Å²) in [6.07, 6.45) is 2.60. The van der Waals surface area contributed by atoms with Crippen LogP contribution in [-0.4, -0.2) is 28.2 Å². The maximum Gasteiger partial charge on any atom is 0.356 e. The van der Waals surface area contributed by atoms with E-state index in [-0.39, 0.29) is 10.7 Å². The Kier molecular flexibility index (Phi) is 4.42. The van der Waals surface area contributed by atoms with Crippen LogP contribution in [0.5, 0.6) is 0 Å². The average Bonchev–Trinajstić information content (AvgIpc) is 2.33. The van der Waals surface area contributed by atoms with Crippen molar-refractivity contribution in [3.05, 3.63) is 22.7 Å². The van der Waals surface area contributed by atoms with Gasteiger partial charge in [0.05, 0.1) is 11.2 Å². The molecule has 0 amide bonds. The summed E-state index contributed by atoms with van der Waals surface area (Å²) < 4.78 is 5.44. The van der Waals surface area contributed by atoms with Crippen molar-refractivity contribution in [1.82, 2.24) is 9.97 Å². The monoisotopic (exact) mass is 258 g/mol. The van der Waals surface area contributed by atoms with Crippen LogP contribution in [0.25, 0.3) is 0 Å². The molecule has 1 rings (SSSR count). The molecule has 0 saturated carbocycles. The minimum atomic E-state index is -1.17. The summed E-state index contributed by atoms with van der Waals surface area (Å²) in [5.41, 5.74) is -0.852. The number of rotatable bonds is 5. The van der Waals surface area contributed by atoms with Crippen LogP contribution in [0.3, 0.4) is 0 Å². The predicted octanol–water partition coefficient (Wildman–Crippen LogP) is 2.49. The smallest absolute Gasteiger partial charge is 0.356 e. The second-order valence-corrected chi connectivity index (χ2v) is 4.01. The van der Waals surface area contributed by atoms with E-state index in [0.29, 0.717) is 18.7 Å². The van der Waals surface area contributed by atoms with Crippen LogP contribution in [0.4, 0.5) is 0 Å². The van der Waals surface area contributed by atoms with E-state index >= 15 is 0 Å². The van der Waals surface area contributed by atoms with Crippen LogP contribution in [0.15, 0.2) is 6.20 Å². The predicted molar refractivity (Wildman–Crippen MR) is 63.3 cm³/mol. The Bertz CT molecular complexity index is 411. The van der Waals surface area contributed by atoms with E-state index < -0.39 is 11.6 Å². The Balaban J connectivity index is 3.31. The zero-order valence-electron chi connectivity index (χ0n) is 10.0. The lowest BCUT2D eigenvalue weighted by atomic mass is 9.96. The fourth-order valence-corrected chi connectivity index (χ4v) is 1.85. The van der Waals surface area contributed by atoms with Gasteiger partial charge in [-0.15, -0.1) is 0 Å². The van der Waals surface area contributed by atoms with Gasteiger partial charge in [-0.2, -0.15) is 0 Å². The van der Waals surface area contributed by atoms with E-state index in [2.05, 4.69) is 9.97 Å².